The van der Waals surface area contributed by atoms with E-state index in [0.29, 0.717) is 6.54 Å². The summed E-state index contributed by atoms with van der Waals surface area (Å²) in [5, 5.41) is 0. The molecule has 0 atom stereocenters. The highest BCUT2D eigenvalue weighted by Gasteiger charge is 1.98. The summed E-state index contributed by atoms with van der Waals surface area (Å²) in [7, 11) is -1.06. The van der Waals surface area contributed by atoms with E-state index in [4.69, 9.17) is 5.73 Å². The molecular formula is C11H17NS. The molecule has 0 spiro atoms. The van der Waals surface area contributed by atoms with Crippen LogP contribution in [0.5, 0.6) is 0 Å². The Morgan fingerprint density at radius 1 is 1.23 bits per heavy atom. The first-order chi connectivity index (χ1) is 6.10. The monoisotopic (exact) mass is 195 g/mol. The van der Waals surface area contributed by atoms with Crippen molar-refractivity contribution in [1.29, 1.82) is 0 Å². The highest BCUT2D eigenvalue weighted by Crippen LogP contribution is 2.30. The predicted molar refractivity (Wildman–Crippen MR) is 65.0 cm³/mol. The highest BCUT2D eigenvalue weighted by molar-refractivity contribution is 8.27. The Labute approximate surface area is 81.1 Å². The molecule has 2 heteroatoms. The summed E-state index contributed by atoms with van der Waals surface area (Å²) in [4.78, 5) is 1.26. The zero-order valence-corrected chi connectivity index (χ0v) is 8.94. The van der Waals surface area contributed by atoms with Crippen molar-refractivity contribution in [3.63, 3.8) is 0 Å². The molecule has 0 saturated carbocycles. The van der Waals surface area contributed by atoms with Crippen LogP contribution >= 0.6 is 9.21 Å². The molecule has 0 radical (unpaired) electrons. The molecule has 0 aliphatic carbocycles. The molecule has 0 unspecified atom stereocenters. The minimum Gasteiger partial charge on any atom is -0.326 e. The third kappa shape index (κ3) is 2.36. The SMILES string of the molecule is C=S(=C)(CC)c1ccc(CN)cc1. The van der Waals surface area contributed by atoms with Crippen molar-refractivity contribution < 1.29 is 0 Å². The molecule has 1 rings (SSSR count). The van der Waals surface area contributed by atoms with Gasteiger partial charge in [0.1, 0.15) is 0 Å². The lowest BCUT2D eigenvalue weighted by atomic mass is 10.2. The average Bonchev–Trinajstić information content (AvgIpc) is 2.18. The van der Waals surface area contributed by atoms with Gasteiger partial charge < -0.3 is 5.73 Å². The van der Waals surface area contributed by atoms with Gasteiger partial charge in [0.05, 0.1) is 0 Å². The van der Waals surface area contributed by atoms with Crippen molar-refractivity contribution in [2.45, 2.75) is 18.4 Å². The lowest BCUT2D eigenvalue weighted by Gasteiger charge is -2.12. The van der Waals surface area contributed by atoms with Crippen LogP contribution in [-0.2, 0) is 6.54 Å². The van der Waals surface area contributed by atoms with Gasteiger partial charge >= 0.3 is 0 Å². The average molecular weight is 195 g/mol. The minimum absolute atomic E-state index is 0.600. The van der Waals surface area contributed by atoms with E-state index >= 15 is 0 Å². The fourth-order valence-electron chi connectivity index (χ4n) is 1.08. The largest absolute Gasteiger partial charge is 0.326 e. The second kappa shape index (κ2) is 3.99. The van der Waals surface area contributed by atoms with Gasteiger partial charge in [0.2, 0.25) is 0 Å². The molecule has 13 heavy (non-hydrogen) atoms. The van der Waals surface area contributed by atoms with Crippen LogP contribution in [-0.4, -0.2) is 17.5 Å². The molecule has 0 aromatic heterocycles. The van der Waals surface area contributed by atoms with Crippen LogP contribution in [0.25, 0.3) is 0 Å². The Balaban J connectivity index is 3.06. The minimum atomic E-state index is -1.06. The first-order valence-electron chi connectivity index (χ1n) is 4.36. The van der Waals surface area contributed by atoms with E-state index in [0.717, 1.165) is 11.3 Å². The van der Waals surface area contributed by atoms with Gasteiger partial charge in [-0.25, -0.2) is 0 Å². The second-order valence-electron chi connectivity index (χ2n) is 3.18. The third-order valence-corrected chi connectivity index (χ3v) is 4.59. The van der Waals surface area contributed by atoms with Crippen LogP contribution in [0.1, 0.15) is 12.5 Å². The van der Waals surface area contributed by atoms with Gasteiger partial charge in [-0.2, -0.15) is 9.21 Å². The van der Waals surface area contributed by atoms with E-state index in [1.54, 1.807) is 0 Å². The molecule has 0 bridgehead atoms. The van der Waals surface area contributed by atoms with E-state index in [1.165, 1.54) is 4.90 Å². The Morgan fingerprint density at radius 3 is 2.15 bits per heavy atom. The normalized spacial score (nSPS) is 11.5. The fourth-order valence-corrected chi connectivity index (χ4v) is 2.13. The molecule has 1 aromatic carbocycles. The van der Waals surface area contributed by atoms with Gasteiger partial charge in [-0.15, -0.1) is 0 Å². The maximum absolute atomic E-state index is 5.52. The standard InChI is InChI=1S/C11H17NS/c1-4-13(2,3)11-7-5-10(9-12)6-8-11/h5-8H,2-4,9,12H2,1H3. The summed E-state index contributed by atoms with van der Waals surface area (Å²) >= 11 is 0. The van der Waals surface area contributed by atoms with Gasteiger partial charge in [0, 0.05) is 6.54 Å². The highest BCUT2D eigenvalue weighted by atomic mass is 32.2. The van der Waals surface area contributed by atoms with E-state index in [-0.39, 0.29) is 0 Å². The van der Waals surface area contributed by atoms with Crippen molar-refractivity contribution >= 4 is 20.9 Å². The van der Waals surface area contributed by atoms with Gasteiger partial charge in [-0.3, -0.25) is 0 Å². The predicted octanol–water partition coefficient (Wildman–Crippen LogP) is 2.19. The van der Waals surface area contributed by atoms with Crippen LogP contribution in [0.4, 0.5) is 0 Å². The molecule has 72 valence electrons. The molecule has 1 nitrogen and oxygen atoms in total. The zero-order chi connectivity index (χ0) is 9.90. The van der Waals surface area contributed by atoms with E-state index in [2.05, 4.69) is 42.9 Å². The van der Waals surface area contributed by atoms with Crippen molar-refractivity contribution in [3.8, 4) is 0 Å². The first-order valence-corrected chi connectivity index (χ1v) is 6.50. The molecule has 0 aliphatic heterocycles. The summed E-state index contributed by atoms with van der Waals surface area (Å²) in [6, 6.07) is 8.31. The van der Waals surface area contributed by atoms with Gasteiger partial charge in [0.25, 0.3) is 0 Å². The number of hydrogen-bond acceptors (Lipinski definition) is 1. The first kappa shape index (κ1) is 10.4. The zero-order valence-electron chi connectivity index (χ0n) is 8.12. The van der Waals surface area contributed by atoms with E-state index in [1.807, 2.05) is 0 Å². The molecule has 0 saturated heterocycles. The Hall–Kier alpha value is -0.730. The summed E-state index contributed by atoms with van der Waals surface area (Å²) in [5.74, 6) is 9.33. The third-order valence-electron chi connectivity index (χ3n) is 2.21. The number of rotatable bonds is 3. The van der Waals surface area contributed by atoms with Crippen LogP contribution in [0.2, 0.25) is 0 Å². The van der Waals surface area contributed by atoms with Gasteiger partial charge in [-0.1, -0.05) is 30.8 Å². The molecule has 0 fully saturated rings. The van der Waals surface area contributed by atoms with E-state index in [9.17, 15) is 0 Å². The second-order valence-corrected chi connectivity index (χ2v) is 6.32. The van der Waals surface area contributed by atoms with Crippen LogP contribution in [0, 0.1) is 0 Å². The molecule has 0 aliphatic rings. The molecule has 0 amide bonds. The van der Waals surface area contributed by atoms with Gasteiger partial charge in [0.15, 0.2) is 0 Å². The maximum Gasteiger partial charge on any atom is 0.0178 e. The lowest BCUT2D eigenvalue weighted by Crippen LogP contribution is -1.95. The van der Waals surface area contributed by atoms with Gasteiger partial charge in [-0.05, 0) is 28.3 Å². The Bertz CT molecular complexity index is 360. The van der Waals surface area contributed by atoms with Crippen LogP contribution < -0.4 is 5.73 Å². The molecule has 0 heterocycles. The van der Waals surface area contributed by atoms with Crippen LogP contribution in [0.15, 0.2) is 29.2 Å². The summed E-state index contributed by atoms with van der Waals surface area (Å²) in [6.45, 7) is 2.73. The Kier molecular flexibility index (Phi) is 3.17. The molecule has 1 aromatic rings. The Morgan fingerprint density at radius 2 is 1.77 bits per heavy atom. The fraction of sp³-hybridized carbons (Fsp3) is 0.273. The molecular weight excluding hydrogens is 178 g/mol. The van der Waals surface area contributed by atoms with Crippen molar-refractivity contribution in [1.82, 2.24) is 0 Å². The molecule has 2 N–H and O–H groups in total. The van der Waals surface area contributed by atoms with Crippen molar-refractivity contribution in [2.24, 2.45) is 5.73 Å². The summed E-state index contributed by atoms with van der Waals surface area (Å²) in [5.41, 5.74) is 6.68. The smallest absolute Gasteiger partial charge is 0.0178 e. The quantitative estimate of drug-likeness (QED) is 0.735. The summed E-state index contributed by atoms with van der Waals surface area (Å²) in [6.07, 6.45) is 0. The maximum atomic E-state index is 5.52. The lowest BCUT2D eigenvalue weighted by molar-refractivity contribution is 1.07. The van der Waals surface area contributed by atoms with Crippen molar-refractivity contribution in [2.75, 3.05) is 5.75 Å². The van der Waals surface area contributed by atoms with Crippen molar-refractivity contribution in [3.05, 3.63) is 29.8 Å². The number of hydrogen-bond donors (Lipinski definition) is 1. The topological polar surface area (TPSA) is 26.0 Å². The number of benzene rings is 1. The summed E-state index contributed by atoms with van der Waals surface area (Å²) < 4.78 is 0. The number of nitrogens with two attached hydrogens (primary N) is 1. The van der Waals surface area contributed by atoms with E-state index < -0.39 is 9.21 Å². The van der Waals surface area contributed by atoms with Crippen LogP contribution in [0.3, 0.4) is 0 Å².